The molecule has 0 spiro atoms. The summed E-state index contributed by atoms with van der Waals surface area (Å²) in [5, 5.41) is 4.34. The van der Waals surface area contributed by atoms with Crippen LogP contribution in [0, 0.1) is 13.8 Å². The first-order chi connectivity index (χ1) is 15.5. The molecular formula is C25H27BrN4OS. The molecule has 7 heteroatoms. The summed E-state index contributed by atoms with van der Waals surface area (Å²) in [6.45, 7) is 5.99. The van der Waals surface area contributed by atoms with E-state index in [1.54, 1.807) is 0 Å². The first-order valence-electron chi connectivity index (χ1n) is 11.1. The van der Waals surface area contributed by atoms with Crippen LogP contribution in [0.3, 0.4) is 0 Å². The highest BCUT2D eigenvalue weighted by atomic mass is 79.9. The van der Waals surface area contributed by atoms with Gasteiger partial charge in [-0.2, -0.15) is 0 Å². The molecule has 1 N–H and O–H groups in total. The summed E-state index contributed by atoms with van der Waals surface area (Å²) in [4.78, 5) is 6.99. The van der Waals surface area contributed by atoms with E-state index >= 15 is 0 Å². The summed E-state index contributed by atoms with van der Waals surface area (Å²) in [5.74, 6) is 0. The summed E-state index contributed by atoms with van der Waals surface area (Å²) < 4.78 is 9.37. The lowest BCUT2D eigenvalue weighted by Gasteiger charge is -2.30. The summed E-state index contributed by atoms with van der Waals surface area (Å²) in [6.07, 6.45) is 4.26. The quantitative estimate of drug-likeness (QED) is 0.465. The summed E-state index contributed by atoms with van der Waals surface area (Å²) in [5.41, 5.74) is 5.81. The lowest BCUT2D eigenvalue weighted by molar-refractivity contribution is 0.0842. The van der Waals surface area contributed by atoms with Crippen molar-refractivity contribution >= 4 is 33.3 Å². The minimum atomic E-state index is -0.0155. The van der Waals surface area contributed by atoms with Crippen molar-refractivity contribution in [3.05, 3.63) is 81.8 Å². The number of pyridine rings is 1. The predicted molar refractivity (Wildman–Crippen MR) is 134 cm³/mol. The molecule has 5 rings (SSSR count). The van der Waals surface area contributed by atoms with Crippen molar-refractivity contribution in [2.75, 3.05) is 13.2 Å². The van der Waals surface area contributed by atoms with Crippen molar-refractivity contribution in [1.29, 1.82) is 0 Å². The first-order valence-corrected chi connectivity index (χ1v) is 12.3. The first kappa shape index (κ1) is 21.6. The zero-order valence-electron chi connectivity index (χ0n) is 18.3. The van der Waals surface area contributed by atoms with E-state index in [1.165, 1.54) is 17.0 Å². The second kappa shape index (κ2) is 8.96. The minimum Gasteiger partial charge on any atom is -0.376 e. The maximum Gasteiger partial charge on any atom is 0.170 e. The third-order valence-electron chi connectivity index (χ3n) is 6.50. The monoisotopic (exact) mass is 510 g/mol. The van der Waals surface area contributed by atoms with Crippen LogP contribution in [0.25, 0.3) is 5.69 Å². The SMILES string of the molecule is Cc1cc([C@H]2[C@@H](c3ccccn3)NC(=S)N2C[C@@H]2CCCO2)c(C)n1-c1ccccc1Br. The number of aromatic nitrogens is 2. The van der Waals surface area contributed by atoms with Crippen LogP contribution in [0.5, 0.6) is 0 Å². The maximum atomic E-state index is 5.98. The molecule has 32 heavy (non-hydrogen) atoms. The number of ether oxygens (including phenoxy) is 1. The molecule has 0 amide bonds. The van der Waals surface area contributed by atoms with Gasteiger partial charge in [-0.05, 0) is 90.7 Å². The molecule has 0 saturated carbocycles. The van der Waals surface area contributed by atoms with E-state index in [0.717, 1.165) is 47.0 Å². The molecule has 2 aliphatic heterocycles. The van der Waals surface area contributed by atoms with Gasteiger partial charge in [-0.25, -0.2) is 0 Å². The van der Waals surface area contributed by atoms with Crippen LogP contribution >= 0.6 is 28.1 Å². The number of nitrogens with one attached hydrogen (secondary N) is 1. The smallest absolute Gasteiger partial charge is 0.170 e. The van der Waals surface area contributed by atoms with Gasteiger partial charge in [0.05, 0.1) is 29.6 Å². The number of nitrogens with zero attached hydrogens (tertiary/aromatic N) is 3. The predicted octanol–water partition coefficient (Wildman–Crippen LogP) is 5.40. The van der Waals surface area contributed by atoms with Gasteiger partial charge < -0.3 is 19.5 Å². The van der Waals surface area contributed by atoms with Crippen LogP contribution in [-0.4, -0.2) is 38.8 Å². The number of benzene rings is 1. The van der Waals surface area contributed by atoms with Gasteiger partial charge in [0.25, 0.3) is 0 Å². The average molecular weight is 511 g/mol. The normalized spacial score (nSPS) is 23.0. The molecule has 3 atom stereocenters. The average Bonchev–Trinajstić information content (AvgIpc) is 3.49. The van der Waals surface area contributed by atoms with E-state index in [0.29, 0.717) is 0 Å². The Morgan fingerprint density at radius 2 is 2.00 bits per heavy atom. The molecule has 1 aromatic carbocycles. The van der Waals surface area contributed by atoms with Gasteiger partial charge in [-0.3, -0.25) is 4.98 Å². The Kier molecular flexibility index (Phi) is 6.05. The highest BCUT2D eigenvalue weighted by molar-refractivity contribution is 9.10. The Morgan fingerprint density at radius 3 is 2.72 bits per heavy atom. The summed E-state index contributed by atoms with van der Waals surface area (Å²) in [7, 11) is 0. The van der Waals surface area contributed by atoms with Crippen LogP contribution in [0.15, 0.2) is 59.2 Å². The molecule has 0 unspecified atom stereocenters. The standard InChI is InChI=1S/C25H27BrN4OS/c1-16-14-19(17(2)30(16)22-11-4-3-9-20(22)26)24-23(21-10-5-6-12-27-21)28-25(32)29(24)15-18-8-7-13-31-18/h3-6,9-12,14,18,23-24H,7-8,13,15H2,1-2H3,(H,28,32)/t18-,23+,24-/m0/s1. The third-order valence-corrected chi connectivity index (χ3v) is 7.53. The van der Waals surface area contributed by atoms with Gasteiger partial charge in [0.1, 0.15) is 0 Å². The van der Waals surface area contributed by atoms with Crippen LogP contribution in [0.1, 0.15) is 47.6 Å². The fraction of sp³-hybridized carbons (Fsp3) is 0.360. The Labute approximate surface area is 202 Å². The highest BCUT2D eigenvalue weighted by Gasteiger charge is 2.42. The molecule has 2 saturated heterocycles. The number of hydrogen-bond acceptors (Lipinski definition) is 3. The van der Waals surface area contributed by atoms with E-state index in [4.69, 9.17) is 17.0 Å². The third kappa shape index (κ3) is 3.87. The molecule has 2 aliphatic rings. The second-order valence-corrected chi connectivity index (χ2v) is 9.77. The molecule has 2 fully saturated rings. The Morgan fingerprint density at radius 1 is 1.19 bits per heavy atom. The largest absolute Gasteiger partial charge is 0.376 e. The minimum absolute atomic E-state index is 0.0155. The molecule has 0 aliphatic carbocycles. The molecule has 0 bridgehead atoms. The molecule has 2 aromatic heterocycles. The van der Waals surface area contributed by atoms with Gasteiger partial charge in [0, 0.05) is 35.2 Å². The highest BCUT2D eigenvalue weighted by Crippen LogP contribution is 2.42. The van der Waals surface area contributed by atoms with Gasteiger partial charge in [0.2, 0.25) is 0 Å². The molecule has 3 aromatic rings. The van der Waals surface area contributed by atoms with Gasteiger partial charge in [-0.15, -0.1) is 0 Å². The van der Waals surface area contributed by atoms with Crippen LogP contribution in [0.4, 0.5) is 0 Å². The second-order valence-electron chi connectivity index (χ2n) is 8.53. The topological polar surface area (TPSA) is 42.3 Å². The van der Waals surface area contributed by atoms with Crippen molar-refractivity contribution in [2.45, 2.75) is 44.9 Å². The molecular weight excluding hydrogens is 484 g/mol. The van der Waals surface area contributed by atoms with Crippen molar-refractivity contribution in [2.24, 2.45) is 0 Å². The lowest BCUT2D eigenvalue weighted by Crippen LogP contribution is -2.36. The zero-order valence-corrected chi connectivity index (χ0v) is 20.7. The Bertz CT molecular complexity index is 1130. The van der Waals surface area contributed by atoms with Crippen molar-refractivity contribution in [3.8, 4) is 5.69 Å². The number of hydrogen-bond donors (Lipinski definition) is 1. The van der Waals surface area contributed by atoms with E-state index in [2.05, 4.69) is 79.9 Å². The Hall–Kier alpha value is -2.22. The van der Waals surface area contributed by atoms with E-state index in [-0.39, 0.29) is 18.2 Å². The summed E-state index contributed by atoms with van der Waals surface area (Å²) >= 11 is 9.58. The van der Waals surface area contributed by atoms with E-state index in [9.17, 15) is 0 Å². The molecule has 5 nitrogen and oxygen atoms in total. The van der Waals surface area contributed by atoms with Crippen molar-refractivity contribution in [3.63, 3.8) is 0 Å². The fourth-order valence-corrected chi connectivity index (χ4v) is 5.82. The number of thiocarbonyl (C=S) groups is 1. The van der Waals surface area contributed by atoms with Gasteiger partial charge in [0.15, 0.2) is 5.11 Å². The van der Waals surface area contributed by atoms with E-state index < -0.39 is 0 Å². The molecule has 166 valence electrons. The van der Waals surface area contributed by atoms with Crippen LogP contribution in [-0.2, 0) is 4.74 Å². The van der Waals surface area contributed by atoms with E-state index in [1.807, 2.05) is 24.4 Å². The number of rotatable bonds is 5. The fourth-order valence-electron chi connectivity index (χ4n) is 5.04. The van der Waals surface area contributed by atoms with Crippen molar-refractivity contribution < 1.29 is 4.74 Å². The number of halogens is 1. The summed E-state index contributed by atoms with van der Waals surface area (Å²) in [6, 6.07) is 16.7. The van der Waals surface area contributed by atoms with Gasteiger partial charge >= 0.3 is 0 Å². The molecule has 4 heterocycles. The zero-order chi connectivity index (χ0) is 22.2. The van der Waals surface area contributed by atoms with Crippen LogP contribution < -0.4 is 5.32 Å². The van der Waals surface area contributed by atoms with Crippen molar-refractivity contribution in [1.82, 2.24) is 19.8 Å². The van der Waals surface area contributed by atoms with Crippen LogP contribution in [0.2, 0.25) is 0 Å². The number of para-hydroxylation sites is 1. The molecule has 0 radical (unpaired) electrons. The Balaban J connectivity index is 1.60. The van der Waals surface area contributed by atoms with Gasteiger partial charge in [-0.1, -0.05) is 18.2 Å². The lowest BCUT2D eigenvalue weighted by atomic mass is 9.96. The number of aryl methyl sites for hydroxylation is 1. The maximum absolute atomic E-state index is 5.98.